The predicted octanol–water partition coefficient (Wildman–Crippen LogP) is 3.80. The summed E-state index contributed by atoms with van der Waals surface area (Å²) in [5, 5.41) is 2.81. The fraction of sp³-hybridized carbons (Fsp3) is 0.200. The summed E-state index contributed by atoms with van der Waals surface area (Å²) in [6.07, 6.45) is 1.61. The van der Waals surface area contributed by atoms with Gasteiger partial charge < -0.3 is 10.1 Å². The van der Waals surface area contributed by atoms with Crippen LogP contribution in [0.2, 0.25) is 0 Å². The van der Waals surface area contributed by atoms with Crippen molar-refractivity contribution in [3.05, 3.63) is 52.3 Å². The highest BCUT2D eigenvalue weighted by molar-refractivity contribution is 9.10. The zero-order chi connectivity index (χ0) is 14.5. The summed E-state index contributed by atoms with van der Waals surface area (Å²) in [5.74, 6) is 0.585. The van der Waals surface area contributed by atoms with Crippen molar-refractivity contribution < 1.29 is 9.53 Å². The molecule has 0 radical (unpaired) electrons. The Morgan fingerprint density at radius 2 is 2.05 bits per heavy atom. The fourth-order valence-corrected chi connectivity index (χ4v) is 1.92. The lowest BCUT2D eigenvalue weighted by Crippen LogP contribution is -2.12. The maximum atomic E-state index is 12.1. The first kappa shape index (κ1) is 14.5. The quantitative estimate of drug-likeness (QED) is 0.865. The largest absolute Gasteiger partial charge is 0.494 e. The van der Waals surface area contributed by atoms with E-state index in [1.165, 1.54) is 0 Å². The number of halogens is 1. The van der Waals surface area contributed by atoms with E-state index in [1.807, 2.05) is 19.9 Å². The molecule has 0 spiro atoms. The zero-order valence-corrected chi connectivity index (χ0v) is 12.9. The average Bonchev–Trinajstić information content (AvgIpc) is 2.44. The summed E-state index contributed by atoms with van der Waals surface area (Å²) >= 11 is 3.33. The SMILES string of the molecule is CCOc1ccc(C(=O)Nc2cnc(Br)c(C)c2)cc1. The molecule has 0 aliphatic rings. The van der Waals surface area contributed by atoms with E-state index in [9.17, 15) is 4.79 Å². The van der Waals surface area contributed by atoms with E-state index in [1.54, 1.807) is 30.5 Å². The molecule has 1 N–H and O–H groups in total. The molecule has 0 saturated carbocycles. The van der Waals surface area contributed by atoms with Crippen LogP contribution in [0.25, 0.3) is 0 Å². The van der Waals surface area contributed by atoms with Gasteiger partial charge in [0.2, 0.25) is 0 Å². The van der Waals surface area contributed by atoms with Gasteiger partial charge in [-0.1, -0.05) is 0 Å². The number of ether oxygens (including phenoxy) is 1. The van der Waals surface area contributed by atoms with E-state index >= 15 is 0 Å². The minimum atomic E-state index is -0.170. The molecule has 2 aromatic rings. The van der Waals surface area contributed by atoms with Gasteiger partial charge in [0.1, 0.15) is 10.4 Å². The monoisotopic (exact) mass is 334 g/mol. The molecule has 1 amide bonds. The predicted molar refractivity (Wildman–Crippen MR) is 82.2 cm³/mol. The summed E-state index contributed by atoms with van der Waals surface area (Å²) in [7, 11) is 0. The number of carbonyl (C=O) groups excluding carboxylic acids is 1. The van der Waals surface area contributed by atoms with Gasteiger partial charge in [-0.2, -0.15) is 0 Å². The lowest BCUT2D eigenvalue weighted by molar-refractivity contribution is 0.102. The molecule has 1 heterocycles. The van der Waals surface area contributed by atoms with Crippen molar-refractivity contribution in [1.29, 1.82) is 0 Å². The van der Waals surface area contributed by atoms with Crippen molar-refractivity contribution >= 4 is 27.5 Å². The van der Waals surface area contributed by atoms with Crippen molar-refractivity contribution in [3.8, 4) is 5.75 Å². The number of hydrogen-bond acceptors (Lipinski definition) is 3. The van der Waals surface area contributed by atoms with Crippen LogP contribution in [-0.2, 0) is 0 Å². The highest BCUT2D eigenvalue weighted by atomic mass is 79.9. The number of amides is 1. The van der Waals surface area contributed by atoms with Crippen LogP contribution in [-0.4, -0.2) is 17.5 Å². The third-order valence-electron chi connectivity index (χ3n) is 2.70. The maximum absolute atomic E-state index is 12.1. The molecular weight excluding hydrogens is 320 g/mol. The molecule has 0 fully saturated rings. The van der Waals surface area contributed by atoms with Gasteiger partial charge in [-0.25, -0.2) is 4.98 Å². The zero-order valence-electron chi connectivity index (χ0n) is 11.3. The lowest BCUT2D eigenvalue weighted by atomic mass is 10.2. The summed E-state index contributed by atoms with van der Waals surface area (Å²) in [4.78, 5) is 16.2. The normalized spacial score (nSPS) is 10.2. The van der Waals surface area contributed by atoms with Crippen LogP contribution in [0.5, 0.6) is 5.75 Å². The molecular formula is C15H15BrN2O2. The number of anilines is 1. The van der Waals surface area contributed by atoms with Gasteiger partial charge in [-0.05, 0) is 65.7 Å². The number of rotatable bonds is 4. The number of benzene rings is 1. The van der Waals surface area contributed by atoms with Crippen molar-refractivity contribution in [2.45, 2.75) is 13.8 Å². The van der Waals surface area contributed by atoms with Gasteiger partial charge in [-0.15, -0.1) is 0 Å². The Labute approximate surface area is 126 Å². The highest BCUT2D eigenvalue weighted by Gasteiger charge is 2.07. The summed E-state index contributed by atoms with van der Waals surface area (Å²) in [6, 6.07) is 8.90. The number of nitrogens with zero attached hydrogens (tertiary/aromatic N) is 1. The van der Waals surface area contributed by atoms with E-state index in [-0.39, 0.29) is 5.91 Å². The molecule has 0 aliphatic heterocycles. The van der Waals surface area contributed by atoms with Crippen molar-refractivity contribution in [3.63, 3.8) is 0 Å². The van der Waals surface area contributed by atoms with E-state index in [4.69, 9.17) is 4.74 Å². The Bertz CT molecular complexity index is 612. The van der Waals surface area contributed by atoms with Crippen LogP contribution in [0.15, 0.2) is 41.1 Å². The van der Waals surface area contributed by atoms with Crippen LogP contribution in [0.1, 0.15) is 22.8 Å². The molecule has 0 atom stereocenters. The van der Waals surface area contributed by atoms with Crippen LogP contribution < -0.4 is 10.1 Å². The Hall–Kier alpha value is -1.88. The van der Waals surface area contributed by atoms with Gasteiger partial charge in [0.15, 0.2) is 0 Å². The topological polar surface area (TPSA) is 51.2 Å². The molecule has 2 rings (SSSR count). The molecule has 104 valence electrons. The Morgan fingerprint density at radius 3 is 2.65 bits per heavy atom. The van der Waals surface area contributed by atoms with Crippen LogP contribution in [0.3, 0.4) is 0 Å². The van der Waals surface area contributed by atoms with Crippen LogP contribution in [0.4, 0.5) is 5.69 Å². The van der Waals surface area contributed by atoms with Gasteiger partial charge in [-0.3, -0.25) is 4.79 Å². The molecule has 20 heavy (non-hydrogen) atoms. The fourth-order valence-electron chi connectivity index (χ4n) is 1.70. The number of aryl methyl sites for hydroxylation is 1. The molecule has 5 heteroatoms. The smallest absolute Gasteiger partial charge is 0.255 e. The Kier molecular flexibility index (Phi) is 4.74. The molecule has 1 aromatic carbocycles. The standard InChI is InChI=1S/C15H15BrN2O2/c1-3-20-13-6-4-11(5-7-13)15(19)18-12-8-10(2)14(16)17-9-12/h4-9H,3H2,1-2H3,(H,18,19). The van der Waals surface area contributed by atoms with Crippen LogP contribution in [0, 0.1) is 6.92 Å². The lowest BCUT2D eigenvalue weighted by Gasteiger charge is -2.07. The van der Waals surface area contributed by atoms with Crippen molar-refractivity contribution in [1.82, 2.24) is 4.98 Å². The minimum absolute atomic E-state index is 0.170. The van der Waals surface area contributed by atoms with Crippen molar-refractivity contribution in [2.75, 3.05) is 11.9 Å². The number of aromatic nitrogens is 1. The third-order valence-corrected chi connectivity index (χ3v) is 3.53. The minimum Gasteiger partial charge on any atom is -0.494 e. The van der Waals surface area contributed by atoms with Gasteiger partial charge >= 0.3 is 0 Å². The first-order valence-corrected chi connectivity index (χ1v) is 7.06. The third kappa shape index (κ3) is 3.57. The molecule has 0 bridgehead atoms. The second kappa shape index (κ2) is 6.52. The van der Waals surface area contributed by atoms with Gasteiger partial charge in [0.25, 0.3) is 5.91 Å². The van der Waals surface area contributed by atoms with E-state index < -0.39 is 0 Å². The Morgan fingerprint density at radius 1 is 1.35 bits per heavy atom. The molecule has 0 aliphatic carbocycles. The Balaban J connectivity index is 2.09. The van der Waals surface area contributed by atoms with E-state index in [0.29, 0.717) is 17.9 Å². The first-order chi connectivity index (χ1) is 9.60. The number of pyridine rings is 1. The second-order valence-electron chi connectivity index (χ2n) is 4.24. The molecule has 1 aromatic heterocycles. The number of nitrogens with one attached hydrogen (secondary N) is 1. The number of hydrogen-bond donors (Lipinski definition) is 1. The van der Waals surface area contributed by atoms with Crippen LogP contribution >= 0.6 is 15.9 Å². The molecule has 0 saturated heterocycles. The summed E-state index contributed by atoms with van der Waals surface area (Å²) in [6.45, 7) is 4.45. The average molecular weight is 335 g/mol. The highest BCUT2D eigenvalue weighted by Crippen LogP contribution is 2.18. The molecule has 4 nitrogen and oxygen atoms in total. The maximum Gasteiger partial charge on any atom is 0.255 e. The van der Waals surface area contributed by atoms with Gasteiger partial charge in [0.05, 0.1) is 18.5 Å². The molecule has 0 unspecified atom stereocenters. The second-order valence-corrected chi connectivity index (χ2v) is 4.99. The van der Waals surface area contributed by atoms with Gasteiger partial charge in [0, 0.05) is 5.56 Å². The number of carbonyl (C=O) groups is 1. The summed E-state index contributed by atoms with van der Waals surface area (Å²) in [5.41, 5.74) is 2.22. The first-order valence-electron chi connectivity index (χ1n) is 6.26. The van der Waals surface area contributed by atoms with E-state index in [0.717, 1.165) is 15.9 Å². The van der Waals surface area contributed by atoms with E-state index in [2.05, 4.69) is 26.2 Å². The summed E-state index contributed by atoms with van der Waals surface area (Å²) < 4.78 is 6.12. The van der Waals surface area contributed by atoms with Crippen molar-refractivity contribution in [2.24, 2.45) is 0 Å².